The molecule has 0 aliphatic heterocycles. The van der Waals surface area contributed by atoms with Crippen molar-refractivity contribution < 1.29 is 76.6 Å². The van der Waals surface area contributed by atoms with Gasteiger partial charge in [0.05, 0.1) is 0 Å². The van der Waals surface area contributed by atoms with Gasteiger partial charge in [-0.05, 0) is 38.5 Å². The monoisotopic (exact) mass is 1020 g/mol. The number of carbonyl (C=O) groups is 3. The maximum absolute atomic E-state index is 10.2. The molecular weight excluding hydrogens is 918 g/mol. The number of rotatable bonds is 48. The number of hydrogen-bond acceptors (Lipinski definition) is 6. The van der Waals surface area contributed by atoms with Crippen LogP contribution >= 0.6 is 0 Å². The first-order valence-electron chi connectivity index (χ1n) is 26.9. The van der Waals surface area contributed by atoms with Crippen LogP contribution in [-0.2, 0) is 14.4 Å². The van der Waals surface area contributed by atoms with Crippen LogP contribution in [0.1, 0.15) is 329 Å². The molecule has 6 nitrogen and oxygen atoms in total. The smallest absolute Gasteiger partial charge is 0.550 e. The van der Waals surface area contributed by atoms with Gasteiger partial charge in [-0.15, -0.1) is 0 Å². The van der Waals surface area contributed by atoms with Crippen LogP contribution in [0.2, 0.25) is 0 Å². The van der Waals surface area contributed by atoms with Crippen molar-refractivity contribution in [2.45, 2.75) is 329 Å². The Balaban J connectivity index is -0.000000396. The van der Waals surface area contributed by atoms with Crippen LogP contribution in [0.25, 0.3) is 0 Å². The van der Waals surface area contributed by atoms with Crippen molar-refractivity contribution in [1.29, 1.82) is 0 Å². The molecule has 0 rings (SSSR count). The first-order chi connectivity index (χ1) is 29.3. The summed E-state index contributed by atoms with van der Waals surface area (Å²) >= 11 is 0. The molecule has 0 amide bonds. The minimum Gasteiger partial charge on any atom is -0.550 e. The van der Waals surface area contributed by atoms with E-state index in [1.807, 2.05) is 0 Å². The molecule has 0 unspecified atom stereocenters. The van der Waals surface area contributed by atoms with Crippen molar-refractivity contribution in [2.75, 3.05) is 0 Å². The van der Waals surface area contributed by atoms with E-state index in [1.54, 1.807) is 0 Å². The maximum Gasteiger partial charge on any atom is 3.00 e. The van der Waals surface area contributed by atoms with E-state index in [1.165, 1.54) is 250 Å². The Kier molecular flexibility index (Phi) is 71.1. The maximum atomic E-state index is 10.2. The van der Waals surface area contributed by atoms with E-state index in [9.17, 15) is 29.7 Å². The first-order valence-corrected chi connectivity index (χ1v) is 26.9. The van der Waals surface area contributed by atoms with Crippen molar-refractivity contribution in [3.05, 3.63) is 0 Å². The largest absolute Gasteiger partial charge is 3.00 e. The fourth-order valence-electron chi connectivity index (χ4n) is 7.92. The second-order valence-corrected chi connectivity index (χ2v) is 18.2. The van der Waals surface area contributed by atoms with Crippen LogP contribution < -0.4 is 15.3 Å². The van der Waals surface area contributed by atoms with Gasteiger partial charge in [-0.2, -0.15) is 0 Å². The molecule has 0 aromatic heterocycles. The minimum atomic E-state index is -0.903. The van der Waals surface area contributed by atoms with Gasteiger partial charge in [0.2, 0.25) is 0 Å². The molecule has 1 radical (unpaired) electrons. The molecule has 0 atom stereocenters. The number of carboxylic acids is 3. The second kappa shape index (κ2) is 64.2. The van der Waals surface area contributed by atoms with E-state index in [-0.39, 0.29) is 66.2 Å². The molecule has 0 aromatic rings. The molecule has 0 fully saturated rings. The number of unbranched alkanes of at least 4 members (excludes halogenated alkanes) is 42. The summed E-state index contributed by atoms with van der Waals surface area (Å²) in [5, 5.41) is 30.7. The third-order valence-electron chi connectivity index (χ3n) is 12.0. The molecule has 0 spiro atoms. The Morgan fingerprint density at radius 2 is 0.311 bits per heavy atom. The summed E-state index contributed by atoms with van der Waals surface area (Å²) in [6.45, 7) is 6.80. The molecule has 0 aliphatic carbocycles. The van der Waals surface area contributed by atoms with Crippen LogP contribution in [0, 0.1) is 46.9 Å². The van der Waals surface area contributed by atoms with Gasteiger partial charge >= 0.3 is 46.9 Å². The average Bonchev–Trinajstić information content (AvgIpc) is 3.22. The molecule has 0 aliphatic rings. The third kappa shape index (κ3) is 77.5. The number of hydrogen-bond donors (Lipinski definition) is 0. The molecule has 0 bridgehead atoms. The van der Waals surface area contributed by atoms with Crippen LogP contribution in [0.3, 0.4) is 0 Å². The van der Waals surface area contributed by atoms with Crippen molar-refractivity contribution in [3.8, 4) is 0 Å². The Morgan fingerprint density at radius 1 is 0.213 bits per heavy atom. The molecular formula is C54H105O6Yb. The Morgan fingerprint density at radius 3 is 0.410 bits per heavy atom. The summed E-state index contributed by atoms with van der Waals surface area (Å²) < 4.78 is 0. The molecule has 0 saturated heterocycles. The fourth-order valence-corrected chi connectivity index (χ4v) is 7.92. The average molecular weight is 1020 g/mol. The third-order valence-corrected chi connectivity index (χ3v) is 12.0. The Bertz CT molecular complexity index is 717. The van der Waals surface area contributed by atoms with Gasteiger partial charge in [0.1, 0.15) is 0 Å². The standard InChI is InChI=1S/3C18H36O2.Yb/c3*1-2-3-4-5-6-7-8-9-10-11-12-13-14-15-16-17-18(19)20;/h3*2-17H2,1H3,(H,19,20);/q;;;+3/p-3. The molecule has 0 saturated carbocycles. The SMILES string of the molecule is CCCCCCCCCCCCCCCCCC(=O)[O-].CCCCCCCCCCCCCCCCCC(=O)[O-].CCCCCCCCCCCCCCCCCC(=O)[O-].[Yb+3]. The summed E-state index contributed by atoms with van der Waals surface area (Å²) in [5.74, 6) is -2.71. The number of carbonyl (C=O) groups excluding carboxylic acids is 3. The fraction of sp³-hybridized carbons (Fsp3) is 0.944. The van der Waals surface area contributed by atoms with Gasteiger partial charge in [0, 0.05) is 17.9 Å². The van der Waals surface area contributed by atoms with Crippen molar-refractivity contribution in [1.82, 2.24) is 0 Å². The normalized spacial score (nSPS) is 10.7. The molecule has 0 heterocycles. The van der Waals surface area contributed by atoms with E-state index in [4.69, 9.17) is 0 Å². The van der Waals surface area contributed by atoms with E-state index >= 15 is 0 Å². The Hall–Kier alpha value is -0.0705. The molecule has 371 valence electrons. The summed E-state index contributed by atoms with van der Waals surface area (Å²) in [7, 11) is 0. The molecule has 0 aromatic carbocycles. The summed E-state index contributed by atoms with van der Waals surface area (Å²) in [5.41, 5.74) is 0. The zero-order valence-electron chi connectivity index (χ0n) is 41.2. The summed E-state index contributed by atoms with van der Waals surface area (Å²) in [6.07, 6.45) is 59.6. The van der Waals surface area contributed by atoms with Crippen LogP contribution in [0.4, 0.5) is 0 Å². The molecule has 61 heavy (non-hydrogen) atoms. The second-order valence-electron chi connectivity index (χ2n) is 18.2. The van der Waals surface area contributed by atoms with Crippen LogP contribution in [-0.4, -0.2) is 17.9 Å². The summed E-state index contributed by atoms with van der Waals surface area (Å²) in [4.78, 5) is 30.7. The zero-order valence-corrected chi connectivity index (χ0v) is 42.9. The van der Waals surface area contributed by atoms with Gasteiger partial charge in [-0.1, -0.05) is 290 Å². The molecule has 0 N–H and O–H groups in total. The first kappa shape index (κ1) is 67.5. The van der Waals surface area contributed by atoms with E-state index in [2.05, 4.69) is 20.8 Å². The van der Waals surface area contributed by atoms with Gasteiger partial charge < -0.3 is 29.7 Å². The summed E-state index contributed by atoms with van der Waals surface area (Å²) in [6, 6.07) is 0. The van der Waals surface area contributed by atoms with Crippen molar-refractivity contribution in [2.24, 2.45) is 0 Å². The quantitative estimate of drug-likeness (QED) is 0.0560. The van der Waals surface area contributed by atoms with Crippen LogP contribution in [0.15, 0.2) is 0 Å². The Labute approximate surface area is 420 Å². The number of aliphatic carboxylic acids is 3. The predicted octanol–water partition coefficient (Wildman–Crippen LogP) is 15.0. The van der Waals surface area contributed by atoms with Gasteiger partial charge in [0.25, 0.3) is 0 Å². The van der Waals surface area contributed by atoms with Crippen LogP contribution in [0.5, 0.6) is 0 Å². The van der Waals surface area contributed by atoms with E-state index in [0.717, 1.165) is 38.5 Å². The zero-order chi connectivity index (χ0) is 44.7. The predicted molar refractivity (Wildman–Crippen MR) is 254 cm³/mol. The molecule has 7 heteroatoms. The van der Waals surface area contributed by atoms with Gasteiger partial charge in [0.15, 0.2) is 0 Å². The number of carboxylic acid groups (broad SMARTS) is 3. The van der Waals surface area contributed by atoms with Crippen molar-refractivity contribution in [3.63, 3.8) is 0 Å². The van der Waals surface area contributed by atoms with Crippen molar-refractivity contribution >= 4 is 17.9 Å². The van der Waals surface area contributed by atoms with E-state index < -0.39 is 17.9 Å². The topological polar surface area (TPSA) is 120 Å². The minimum absolute atomic E-state index is 0. The van der Waals surface area contributed by atoms with E-state index in [0.29, 0.717) is 0 Å². The van der Waals surface area contributed by atoms with Gasteiger partial charge in [-0.3, -0.25) is 0 Å². The van der Waals surface area contributed by atoms with Gasteiger partial charge in [-0.25, -0.2) is 0 Å².